The minimum absolute atomic E-state index is 0.0333. The fourth-order valence-corrected chi connectivity index (χ4v) is 6.24. The van der Waals surface area contributed by atoms with E-state index in [2.05, 4.69) is 0 Å². The molecule has 11 nitrogen and oxygen atoms in total. The third kappa shape index (κ3) is 5.39. The van der Waals surface area contributed by atoms with E-state index in [0.29, 0.717) is 12.8 Å². The van der Waals surface area contributed by atoms with Gasteiger partial charge in [-0.1, -0.05) is 0 Å². The lowest BCUT2D eigenvalue weighted by atomic mass is 9.72. The zero-order valence-electron chi connectivity index (χ0n) is 18.5. The van der Waals surface area contributed by atoms with Crippen LogP contribution in [0.2, 0.25) is 0 Å². The summed E-state index contributed by atoms with van der Waals surface area (Å²) in [6.07, 6.45) is -10.9. The molecule has 0 aromatic heterocycles. The van der Waals surface area contributed by atoms with Gasteiger partial charge in [-0.25, -0.2) is 0 Å². The van der Waals surface area contributed by atoms with E-state index in [9.17, 15) is 46.0 Å². The van der Waals surface area contributed by atoms with Crippen LogP contribution in [0.4, 0.5) is 0 Å². The van der Waals surface area contributed by atoms with Gasteiger partial charge in [-0.2, -0.15) is 0 Å². The van der Waals surface area contributed by atoms with Gasteiger partial charge in [0.1, 0.15) is 12.2 Å². The van der Waals surface area contributed by atoms with Crippen molar-refractivity contribution >= 4 is 0 Å². The maximum absolute atomic E-state index is 10.8. The summed E-state index contributed by atoms with van der Waals surface area (Å²) >= 11 is 0. The van der Waals surface area contributed by atoms with E-state index in [-0.39, 0.29) is 38.0 Å². The van der Waals surface area contributed by atoms with Crippen molar-refractivity contribution in [1.29, 1.82) is 0 Å². The van der Waals surface area contributed by atoms with Crippen LogP contribution in [0.1, 0.15) is 44.9 Å². The van der Waals surface area contributed by atoms with Crippen LogP contribution in [0, 0.1) is 17.8 Å². The second kappa shape index (κ2) is 10.3. The molecule has 33 heavy (non-hydrogen) atoms. The molecule has 4 fully saturated rings. The molecule has 0 aromatic rings. The number of aliphatic hydroxyl groups excluding tert-OH is 9. The molecule has 0 radical (unpaired) electrons. The fourth-order valence-electron chi connectivity index (χ4n) is 6.24. The Bertz CT molecular complexity index is 628. The molecule has 3 saturated carbocycles. The van der Waals surface area contributed by atoms with Crippen LogP contribution in [0.5, 0.6) is 0 Å². The zero-order chi connectivity index (χ0) is 24.0. The summed E-state index contributed by atoms with van der Waals surface area (Å²) in [5.41, 5.74) is 0. The van der Waals surface area contributed by atoms with E-state index >= 15 is 0 Å². The number of hydrogen-bond acceptors (Lipinski definition) is 11. The topological polar surface area (TPSA) is 201 Å². The quantitative estimate of drug-likeness (QED) is 0.186. The summed E-state index contributed by atoms with van der Waals surface area (Å²) in [4.78, 5) is 0. The Kier molecular flexibility index (Phi) is 7.99. The highest BCUT2D eigenvalue weighted by Crippen LogP contribution is 2.43. The molecule has 192 valence electrons. The van der Waals surface area contributed by atoms with E-state index < -0.39 is 85.3 Å². The van der Waals surface area contributed by atoms with Gasteiger partial charge in [-0.15, -0.1) is 0 Å². The first kappa shape index (κ1) is 25.6. The molecular weight excluding hydrogens is 440 g/mol. The SMILES string of the molecule is OC1[C@H](O)CC([C@H](O)OC2C[C@H]3C(O)C[C@@H](O)C[C@H]3OC2C2C[C@@H](O)C(O)[C@@H](O)C2)C[C@H]1O. The van der Waals surface area contributed by atoms with Crippen LogP contribution in [0.25, 0.3) is 0 Å². The molecule has 4 aliphatic rings. The summed E-state index contributed by atoms with van der Waals surface area (Å²) in [6.45, 7) is 0. The van der Waals surface area contributed by atoms with Crippen molar-refractivity contribution in [3.63, 3.8) is 0 Å². The second-order valence-electron chi connectivity index (χ2n) is 10.5. The van der Waals surface area contributed by atoms with Crippen molar-refractivity contribution in [2.24, 2.45) is 17.8 Å². The lowest BCUT2D eigenvalue weighted by Crippen LogP contribution is -2.58. The summed E-state index contributed by atoms with van der Waals surface area (Å²) in [5.74, 6) is -1.38. The maximum Gasteiger partial charge on any atom is 0.158 e. The largest absolute Gasteiger partial charge is 0.393 e. The highest BCUT2D eigenvalue weighted by molar-refractivity contribution is 4.99. The Labute approximate surface area is 192 Å². The molecule has 1 aliphatic heterocycles. The number of fused-ring (bicyclic) bond motifs is 1. The van der Waals surface area contributed by atoms with Crippen molar-refractivity contribution in [1.82, 2.24) is 0 Å². The van der Waals surface area contributed by atoms with Gasteiger partial charge in [0.15, 0.2) is 6.29 Å². The molecule has 0 aromatic carbocycles. The highest BCUT2D eigenvalue weighted by atomic mass is 16.6. The van der Waals surface area contributed by atoms with Crippen LogP contribution in [-0.2, 0) is 9.47 Å². The Morgan fingerprint density at radius 3 is 1.76 bits per heavy atom. The maximum atomic E-state index is 10.8. The van der Waals surface area contributed by atoms with Crippen LogP contribution >= 0.6 is 0 Å². The molecule has 0 amide bonds. The lowest BCUT2D eigenvalue weighted by molar-refractivity contribution is -0.273. The van der Waals surface area contributed by atoms with Crippen LogP contribution in [0.15, 0.2) is 0 Å². The average Bonchev–Trinajstić information content (AvgIpc) is 2.75. The Hall–Kier alpha value is -0.440. The molecule has 4 rings (SSSR count). The first-order valence-corrected chi connectivity index (χ1v) is 12.0. The first-order valence-electron chi connectivity index (χ1n) is 12.0. The molecule has 5 unspecified atom stereocenters. The van der Waals surface area contributed by atoms with E-state index in [1.807, 2.05) is 0 Å². The lowest BCUT2D eigenvalue weighted by Gasteiger charge is -2.51. The fraction of sp³-hybridized carbons (Fsp3) is 1.00. The molecule has 0 bridgehead atoms. The van der Waals surface area contributed by atoms with Crippen LogP contribution < -0.4 is 0 Å². The predicted molar refractivity (Wildman–Crippen MR) is 110 cm³/mol. The van der Waals surface area contributed by atoms with Crippen molar-refractivity contribution < 1.29 is 55.4 Å². The second-order valence-corrected chi connectivity index (χ2v) is 10.5. The number of rotatable bonds is 4. The number of ether oxygens (including phenoxy) is 2. The van der Waals surface area contributed by atoms with E-state index in [1.165, 1.54) is 0 Å². The monoisotopic (exact) mass is 478 g/mol. The van der Waals surface area contributed by atoms with Crippen molar-refractivity contribution in [2.75, 3.05) is 0 Å². The van der Waals surface area contributed by atoms with Gasteiger partial charge in [0.2, 0.25) is 0 Å². The molecular formula is C22H38O11. The highest BCUT2D eigenvalue weighted by Gasteiger charge is 2.51. The first-order chi connectivity index (χ1) is 15.5. The Morgan fingerprint density at radius 2 is 1.18 bits per heavy atom. The molecule has 0 spiro atoms. The zero-order valence-corrected chi connectivity index (χ0v) is 18.5. The van der Waals surface area contributed by atoms with Crippen LogP contribution in [-0.4, -0.2) is 119 Å². The summed E-state index contributed by atoms with van der Waals surface area (Å²) in [5, 5.41) is 91.5. The molecule has 3 aliphatic carbocycles. The molecule has 11 heteroatoms. The van der Waals surface area contributed by atoms with Gasteiger partial charge >= 0.3 is 0 Å². The third-order valence-corrected chi connectivity index (χ3v) is 8.13. The van der Waals surface area contributed by atoms with Crippen LogP contribution in [0.3, 0.4) is 0 Å². The van der Waals surface area contributed by atoms with Gasteiger partial charge in [0.05, 0.1) is 54.9 Å². The van der Waals surface area contributed by atoms with Gasteiger partial charge in [-0.05, 0) is 50.9 Å². The van der Waals surface area contributed by atoms with E-state index in [1.54, 1.807) is 0 Å². The summed E-state index contributed by atoms with van der Waals surface area (Å²) in [7, 11) is 0. The predicted octanol–water partition coefficient (Wildman–Crippen LogP) is -3.04. The number of hydrogen-bond donors (Lipinski definition) is 9. The normalized spacial score (nSPS) is 54.5. The van der Waals surface area contributed by atoms with Crippen molar-refractivity contribution in [2.45, 2.75) is 118 Å². The minimum Gasteiger partial charge on any atom is -0.393 e. The van der Waals surface area contributed by atoms with Gasteiger partial charge < -0.3 is 55.4 Å². The number of aliphatic hydroxyl groups is 9. The summed E-state index contributed by atoms with van der Waals surface area (Å²) in [6, 6.07) is 0. The molecule has 1 heterocycles. The minimum atomic E-state index is -1.38. The third-order valence-electron chi connectivity index (χ3n) is 8.13. The molecule has 9 N–H and O–H groups in total. The molecule has 13 atom stereocenters. The van der Waals surface area contributed by atoms with Gasteiger partial charge in [0.25, 0.3) is 0 Å². The van der Waals surface area contributed by atoms with Gasteiger partial charge in [-0.3, -0.25) is 0 Å². The van der Waals surface area contributed by atoms with Crippen molar-refractivity contribution in [3.8, 4) is 0 Å². The molecule has 1 saturated heterocycles. The Balaban J connectivity index is 1.51. The van der Waals surface area contributed by atoms with Gasteiger partial charge in [0, 0.05) is 11.8 Å². The van der Waals surface area contributed by atoms with E-state index in [4.69, 9.17) is 9.47 Å². The van der Waals surface area contributed by atoms with Crippen molar-refractivity contribution in [3.05, 3.63) is 0 Å². The smallest absolute Gasteiger partial charge is 0.158 e. The Morgan fingerprint density at radius 1 is 0.636 bits per heavy atom. The average molecular weight is 479 g/mol. The van der Waals surface area contributed by atoms with E-state index in [0.717, 1.165) is 0 Å². The standard InChI is InChI=1S/C22H38O11/c23-10-5-12(24)11-7-18(33-22(31)9-3-15(27)20(30)16(28)4-9)21(32-17(11)6-10)8-1-13(25)19(29)14(26)2-8/h8-31H,1-7H2/t8?,9?,10-,11+,12?,13-,14+,15-,16-,17-,18?,19?,20?,21?,22-/m1/s1. The summed E-state index contributed by atoms with van der Waals surface area (Å²) < 4.78 is 12.2.